The van der Waals surface area contributed by atoms with Gasteiger partial charge in [-0.1, -0.05) is 25.0 Å². The lowest BCUT2D eigenvalue weighted by molar-refractivity contribution is 0.445. The highest BCUT2D eigenvalue weighted by Crippen LogP contribution is 2.24. The van der Waals surface area contributed by atoms with E-state index in [0.29, 0.717) is 6.04 Å². The molecule has 0 aliphatic heterocycles. The number of rotatable bonds is 4. The van der Waals surface area contributed by atoms with Gasteiger partial charge in [0.05, 0.1) is 17.1 Å². The first-order valence-corrected chi connectivity index (χ1v) is 7.01. The fourth-order valence-corrected chi connectivity index (χ4v) is 2.83. The number of nitrogens with zero attached hydrogens (tertiary/aromatic N) is 1. The Hall–Kier alpha value is -1.35. The van der Waals surface area contributed by atoms with Gasteiger partial charge < -0.3 is 10.3 Å². The number of para-hydroxylation sites is 2. The van der Waals surface area contributed by atoms with Crippen molar-refractivity contribution < 1.29 is 0 Å². The number of aromatic amines is 1. The Morgan fingerprint density at radius 2 is 2.11 bits per heavy atom. The first kappa shape index (κ1) is 11.7. The third-order valence-corrected chi connectivity index (χ3v) is 4.01. The van der Waals surface area contributed by atoms with Crippen molar-refractivity contribution in [1.82, 2.24) is 15.3 Å². The molecule has 1 saturated carbocycles. The highest BCUT2D eigenvalue weighted by molar-refractivity contribution is 5.74. The van der Waals surface area contributed by atoms with Crippen LogP contribution >= 0.6 is 0 Å². The summed E-state index contributed by atoms with van der Waals surface area (Å²) >= 11 is 0. The van der Waals surface area contributed by atoms with Crippen LogP contribution in [0.5, 0.6) is 0 Å². The minimum absolute atomic E-state index is 0.304. The molecule has 3 rings (SSSR count). The van der Waals surface area contributed by atoms with Crippen LogP contribution < -0.4 is 5.32 Å². The predicted molar refractivity (Wildman–Crippen MR) is 74.5 cm³/mol. The molecule has 1 fully saturated rings. The van der Waals surface area contributed by atoms with E-state index >= 15 is 0 Å². The van der Waals surface area contributed by atoms with Gasteiger partial charge in [-0.2, -0.15) is 0 Å². The highest BCUT2D eigenvalue weighted by Gasteiger charge is 2.17. The number of nitrogens with one attached hydrogen (secondary N) is 2. The van der Waals surface area contributed by atoms with Gasteiger partial charge in [0.15, 0.2) is 0 Å². The van der Waals surface area contributed by atoms with Gasteiger partial charge in [0, 0.05) is 0 Å². The molecule has 3 heteroatoms. The van der Waals surface area contributed by atoms with Gasteiger partial charge in [-0.15, -0.1) is 0 Å². The smallest absolute Gasteiger partial charge is 0.124 e. The zero-order valence-corrected chi connectivity index (χ0v) is 10.9. The normalized spacial score (nSPS) is 18.5. The summed E-state index contributed by atoms with van der Waals surface area (Å²) in [7, 11) is 0. The van der Waals surface area contributed by atoms with Gasteiger partial charge in [0.1, 0.15) is 5.82 Å². The molecular weight excluding hydrogens is 222 g/mol. The Balaban J connectivity index is 1.65. The van der Waals surface area contributed by atoms with Crippen LogP contribution in [-0.4, -0.2) is 16.5 Å². The second-order valence-corrected chi connectivity index (χ2v) is 5.42. The summed E-state index contributed by atoms with van der Waals surface area (Å²) in [5, 5.41) is 3.61. The van der Waals surface area contributed by atoms with Gasteiger partial charge in [-0.3, -0.25) is 0 Å². The van der Waals surface area contributed by atoms with E-state index in [-0.39, 0.29) is 0 Å². The number of hydrogen-bond donors (Lipinski definition) is 2. The highest BCUT2D eigenvalue weighted by atomic mass is 15.0. The van der Waals surface area contributed by atoms with Crippen LogP contribution in [0.25, 0.3) is 11.0 Å². The summed E-state index contributed by atoms with van der Waals surface area (Å²) in [4.78, 5) is 8.04. The van der Waals surface area contributed by atoms with Gasteiger partial charge >= 0.3 is 0 Å². The fraction of sp³-hybridized carbons (Fsp3) is 0.533. The Bertz CT molecular complexity index is 478. The van der Waals surface area contributed by atoms with Crippen molar-refractivity contribution in [2.45, 2.75) is 38.6 Å². The summed E-state index contributed by atoms with van der Waals surface area (Å²) in [6, 6.07) is 8.51. The van der Waals surface area contributed by atoms with Crippen molar-refractivity contribution in [2.75, 3.05) is 6.54 Å². The third-order valence-electron chi connectivity index (χ3n) is 4.01. The molecule has 0 amide bonds. The van der Waals surface area contributed by atoms with Crippen LogP contribution in [0.1, 0.15) is 44.5 Å². The van der Waals surface area contributed by atoms with Gasteiger partial charge in [-0.25, -0.2) is 4.98 Å². The summed E-state index contributed by atoms with van der Waals surface area (Å²) < 4.78 is 0. The molecule has 1 unspecified atom stereocenters. The lowest BCUT2D eigenvalue weighted by Crippen LogP contribution is -2.25. The number of fused-ring (bicyclic) bond motifs is 1. The second kappa shape index (κ2) is 5.11. The molecule has 0 radical (unpaired) electrons. The Morgan fingerprint density at radius 1 is 1.33 bits per heavy atom. The van der Waals surface area contributed by atoms with E-state index in [1.807, 2.05) is 12.1 Å². The minimum atomic E-state index is 0.304. The van der Waals surface area contributed by atoms with Crippen LogP contribution in [0.15, 0.2) is 24.3 Å². The fourth-order valence-electron chi connectivity index (χ4n) is 2.83. The van der Waals surface area contributed by atoms with Crippen molar-refractivity contribution in [3.8, 4) is 0 Å². The molecule has 18 heavy (non-hydrogen) atoms. The zero-order chi connectivity index (χ0) is 12.4. The van der Waals surface area contributed by atoms with E-state index in [0.717, 1.165) is 29.3 Å². The topological polar surface area (TPSA) is 40.7 Å². The van der Waals surface area contributed by atoms with Crippen LogP contribution in [0.3, 0.4) is 0 Å². The standard InChI is InChI=1S/C15H21N3/c1-11(16-10-12-6-2-3-7-12)15-17-13-8-4-5-9-14(13)18-15/h4-5,8-9,11-12,16H,2-3,6-7,10H2,1H3,(H,17,18). The van der Waals surface area contributed by atoms with E-state index in [1.165, 1.54) is 25.7 Å². The molecule has 1 aromatic heterocycles. The van der Waals surface area contributed by atoms with Gasteiger partial charge in [-0.05, 0) is 44.4 Å². The molecule has 2 aromatic rings. The average Bonchev–Trinajstić information content (AvgIpc) is 3.04. The van der Waals surface area contributed by atoms with Crippen molar-refractivity contribution >= 4 is 11.0 Å². The quantitative estimate of drug-likeness (QED) is 0.864. The largest absolute Gasteiger partial charge is 0.341 e. The van der Waals surface area contributed by atoms with E-state index < -0.39 is 0 Å². The van der Waals surface area contributed by atoms with E-state index in [2.05, 4.69) is 34.3 Å². The summed E-state index contributed by atoms with van der Waals surface area (Å²) in [6.07, 6.45) is 5.59. The summed E-state index contributed by atoms with van der Waals surface area (Å²) in [6.45, 7) is 3.31. The van der Waals surface area contributed by atoms with E-state index in [1.54, 1.807) is 0 Å². The van der Waals surface area contributed by atoms with Gasteiger partial charge in [0.2, 0.25) is 0 Å². The number of H-pyrrole nitrogens is 1. The maximum atomic E-state index is 4.64. The summed E-state index contributed by atoms with van der Waals surface area (Å²) in [5.74, 6) is 1.92. The molecule has 1 aliphatic rings. The van der Waals surface area contributed by atoms with Crippen molar-refractivity contribution in [2.24, 2.45) is 5.92 Å². The minimum Gasteiger partial charge on any atom is -0.341 e. The van der Waals surface area contributed by atoms with Crippen LogP contribution in [-0.2, 0) is 0 Å². The van der Waals surface area contributed by atoms with Crippen LogP contribution in [0.4, 0.5) is 0 Å². The van der Waals surface area contributed by atoms with Crippen molar-refractivity contribution in [1.29, 1.82) is 0 Å². The van der Waals surface area contributed by atoms with Crippen molar-refractivity contribution in [3.63, 3.8) is 0 Å². The monoisotopic (exact) mass is 243 g/mol. The second-order valence-electron chi connectivity index (χ2n) is 5.42. The first-order valence-electron chi connectivity index (χ1n) is 7.01. The number of aromatic nitrogens is 2. The molecule has 1 heterocycles. The Morgan fingerprint density at radius 3 is 2.89 bits per heavy atom. The van der Waals surface area contributed by atoms with Crippen molar-refractivity contribution in [3.05, 3.63) is 30.1 Å². The lowest BCUT2D eigenvalue weighted by atomic mass is 10.1. The zero-order valence-electron chi connectivity index (χ0n) is 10.9. The van der Waals surface area contributed by atoms with E-state index in [9.17, 15) is 0 Å². The number of benzene rings is 1. The molecule has 3 nitrogen and oxygen atoms in total. The van der Waals surface area contributed by atoms with E-state index in [4.69, 9.17) is 0 Å². The number of hydrogen-bond acceptors (Lipinski definition) is 2. The lowest BCUT2D eigenvalue weighted by Gasteiger charge is -2.15. The molecule has 1 atom stereocenters. The number of imidazole rings is 1. The van der Waals surface area contributed by atoms with Crippen LogP contribution in [0.2, 0.25) is 0 Å². The first-order chi connectivity index (χ1) is 8.83. The molecule has 0 spiro atoms. The molecule has 0 saturated heterocycles. The molecule has 0 bridgehead atoms. The molecule has 96 valence electrons. The third kappa shape index (κ3) is 2.41. The Kier molecular flexibility index (Phi) is 3.33. The SMILES string of the molecule is CC(NCC1CCCC1)c1nc2ccccc2[nH]1. The molecular formula is C15H21N3. The molecule has 2 N–H and O–H groups in total. The Labute approximate surface area is 108 Å². The predicted octanol–water partition coefficient (Wildman–Crippen LogP) is 3.40. The molecule has 1 aromatic carbocycles. The maximum absolute atomic E-state index is 4.64. The maximum Gasteiger partial charge on any atom is 0.124 e. The molecule has 1 aliphatic carbocycles. The summed E-state index contributed by atoms with van der Waals surface area (Å²) in [5.41, 5.74) is 2.18. The van der Waals surface area contributed by atoms with Gasteiger partial charge in [0.25, 0.3) is 0 Å². The van der Waals surface area contributed by atoms with Crippen LogP contribution in [0, 0.1) is 5.92 Å². The average molecular weight is 243 g/mol.